The van der Waals surface area contributed by atoms with Crippen LogP contribution in [0.4, 0.5) is 4.79 Å². The van der Waals surface area contributed by atoms with Crippen molar-refractivity contribution >= 4 is 34.2 Å². The van der Waals surface area contributed by atoms with Gasteiger partial charge in [-0.05, 0) is 52.5 Å². The number of thioether (sulfide) groups is 1. The Bertz CT molecular complexity index is 893. The van der Waals surface area contributed by atoms with Crippen LogP contribution in [0.5, 0.6) is 0 Å². The van der Waals surface area contributed by atoms with Crippen molar-refractivity contribution in [3.8, 4) is 11.1 Å². The Balaban J connectivity index is 1.80. The van der Waals surface area contributed by atoms with Gasteiger partial charge in [0.15, 0.2) is 0 Å². The number of hydrogen-bond acceptors (Lipinski definition) is 4. The Labute approximate surface area is 160 Å². The zero-order valence-corrected chi connectivity index (χ0v) is 15.8. The minimum atomic E-state index is -0.150. The molecule has 4 nitrogen and oxygen atoms in total. The molecule has 2 amide bonds. The van der Waals surface area contributed by atoms with E-state index in [2.05, 4.69) is 10.6 Å². The first-order valence-electron chi connectivity index (χ1n) is 8.07. The van der Waals surface area contributed by atoms with Crippen molar-refractivity contribution in [2.24, 2.45) is 0 Å². The second-order valence-corrected chi connectivity index (χ2v) is 7.55. The normalized spacial score (nSPS) is 10.3. The van der Waals surface area contributed by atoms with Crippen LogP contribution in [-0.2, 0) is 6.54 Å². The van der Waals surface area contributed by atoms with Gasteiger partial charge in [0, 0.05) is 22.4 Å². The van der Waals surface area contributed by atoms with Crippen LogP contribution in [-0.4, -0.2) is 18.2 Å². The summed E-state index contributed by atoms with van der Waals surface area (Å²) < 4.78 is 0. The zero-order valence-electron chi connectivity index (χ0n) is 14.2. The van der Waals surface area contributed by atoms with E-state index < -0.39 is 0 Å². The predicted molar refractivity (Wildman–Crippen MR) is 108 cm³/mol. The van der Waals surface area contributed by atoms with Gasteiger partial charge in [-0.25, -0.2) is 0 Å². The fourth-order valence-corrected chi connectivity index (χ4v) is 3.81. The third-order valence-corrected chi connectivity index (χ3v) is 5.44. The van der Waals surface area contributed by atoms with Gasteiger partial charge in [0.25, 0.3) is 11.1 Å². The van der Waals surface area contributed by atoms with Crippen molar-refractivity contribution in [2.75, 3.05) is 7.05 Å². The number of nitrogens with one attached hydrogen (secondary N) is 2. The lowest BCUT2D eigenvalue weighted by atomic mass is 9.99. The van der Waals surface area contributed by atoms with Crippen molar-refractivity contribution < 1.29 is 9.59 Å². The molecule has 6 heteroatoms. The highest BCUT2D eigenvalue weighted by Crippen LogP contribution is 2.29. The summed E-state index contributed by atoms with van der Waals surface area (Å²) in [5, 5.41) is 7.42. The number of thiophene rings is 1. The molecule has 1 aromatic heterocycles. The minimum absolute atomic E-state index is 0.120. The molecule has 0 aliphatic rings. The van der Waals surface area contributed by atoms with E-state index in [1.54, 1.807) is 30.5 Å². The van der Waals surface area contributed by atoms with E-state index in [9.17, 15) is 9.59 Å². The zero-order chi connectivity index (χ0) is 18.4. The van der Waals surface area contributed by atoms with Crippen molar-refractivity contribution in [1.29, 1.82) is 0 Å². The molecule has 132 valence electrons. The highest BCUT2D eigenvalue weighted by atomic mass is 32.2. The fraction of sp³-hybridized carbons (Fsp3) is 0.100. The summed E-state index contributed by atoms with van der Waals surface area (Å²) in [6.45, 7) is 0.519. The quantitative estimate of drug-likeness (QED) is 0.625. The van der Waals surface area contributed by atoms with E-state index in [1.165, 1.54) is 0 Å². The third-order valence-electron chi connectivity index (χ3n) is 3.75. The molecule has 0 saturated carbocycles. The summed E-state index contributed by atoms with van der Waals surface area (Å²) >= 11 is 2.74. The Kier molecular flexibility index (Phi) is 6.09. The maximum Gasteiger partial charge on any atom is 0.284 e. The lowest BCUT2D eigenvalue weighted by molar-refractivity contribution is 0.0963. The predicted octanol–water partition coefficient (Wildman–Crippen LogP) is 4.78. The molecule has 2 aromatic carbocycles. The molecule has 0 aliphatic carbocycles. The highest BCUT2D eigenvalue weighted by Gasteiger charge is 2.14. The number of amides is 2. The molecule has 1 heterocycles. The van der Waals surface area contributed by atoms with Gasteiger partial charge in [0.2, 0.25) is 0 Å². The molecular weight excluding hydrogens is 364 g/mol. The van der Waals surface area contributed by atoms with E-state index in [1.807, 2.05) is 53.9 Å². The molecule has 0 saturated heterocycles. The van der Waals surface area contributed by atoms with Gasteiger partial charge in [0.1, 0.15) is 0 Å². The molecule has 3 rings (SSSR count). The molecule has 0 radical (unpaired) electrons. The molecule has 0 bridgehead atoms. The summed E-state index contributed by atoms with van der Waals surface area (Å²) in [5.41, 5.74) is 2.33. The van der Waals surface area contributed by atoms with Crippen LogP contribution in [0.1, 0.15) is 15.2 Å². The van der Waals surface area contributed by atoms with Gasteiger partial charge < -0.3 is 10.6 Å². The van der Waals surface area contributed by atoms with Crippen molar-refractivity contribution in [3.63, 3.8) is 0 Å². The lowest BCUT2D eigenvalue weighted by Gasteiger charge is -2.11. The Morgan fingerprint density at radius 2 is 1.85 bits per heavy atom. The van der Waals surface area contributed by atoms with E-state index in [0.717, 1.165) is 32.7 Å². The SMILES string of the molecule is CNC(=O)c1ccc(SC(=O)NCc2cccs2)cc1-c1ccccc1. The standard InChI is InChI=1S/C20H18N2O2S2/c1-21-19(23)17-10-9-15(12-18(17)14-6-3-2-4-7-14)26-20(24)22-13-16-8-5-11-25-16/h2-12H,13H2,1H3,(H,21,23)(H,22,24). The fourth-order valence-electron chi connectivity index (χ4n) is 2.49. The summed E-state index contributed by atoms with van der Waals surface area (Å²) in [6, 6.07) is 19.1. The molecule has 26 heavy (non-hydrogen) atoms. The Morgan fingerprint density at radius 3 is 2.54 bits per heavy atom. The maximum absolute atomic E-state index is 12.2. The molecule has 2 N–H and O–H groups in total. The lowest BCUT2D eigenvalue weighted by Crippen LogP contribution is -2.19. The molecular formula is C20H18N2O2S2. The summed E-state index contributed by atoms with van der Waals surface area (Å²) in [5.74, 6) is -0.150. The van der Waals surface area contributed by atoms with Gasteiger partial charge in [-0.2, -0.15) is 0 Å². The Hall–Kier alpha value is -2.57. The summed E-state index contributed by atoms with van der Waals surface area (Å²) in [6.07, 6.45) is 0. The van der Waals surface area contributed by atoms with E-state index >= 15 is 0 Å². The van der Waals surface area contributed by atoms with Crippen LogP contribution in [0, 0.1) is 0 Å². The second kappa shape index (κ2) is 8.69. The van der Waals surface area contributed by atoms with Crippen LogP contribution in [0.2, 0.25) is 0 Å². The number of carbonyl (C=O) groups is 2. The number of benzene rings is 2. The highest BCUT2D eigenvalue weighted by molar-refractivity contribution is 8.13. The van der Waals surface area contributed by atoms with Gasteiger partial charge in [-0.1, -0.05) is 36.4 Å². The molecule has 0 unspecified atom stereocenters. The smallest absolute Gasteiger partial charge is 0.284 e. The number of rotatable bonds is 5. The van der Waals surface area contributed by atoms with E-state index in [4.69, 9.17) is 0 Å². The van der Waals surface area contributed by atoms with Crippen molar-refractivity contribution in [2.45, 2.75) is 11.4 Å². The van der Waals surface area contributed by atoms with Crippen molar-refractivity contribution in [3.05, 3.63) is 76.5 Å². The molecule has 3 aromatic rings. The Morgan fingerprint density at radius 1 is 1.04 bits per heavy atom. The number of hydrogen-bond donors (Lipinski definition) is 2. The first kappa shape index (κ1) is 18.2. The van der Waals surface area contributed by atoms with Crippen LogP contribution in [0.15, 0.2) is 70.9 Å². The average Bonchev–Trinajstić information content (AvgIpc) is 3.20. The largest absolute Gasteiger partial charge is 0.355 e. The van der Waals surface area contributed by atoms with Gasteiger partial charge >= 0.3 is 0 Å². The van der Waals surface area contributed by atoms with Gasteiger partial charge in [-0.15, -0.1) is 11.3 Å². The summed E-state index contributed by atoms with van der Waals surface area (Å²) in [7, 11) is 1.61. The van der Waals surface area contributed by atoms with Gasteiger partial charge in [0.05, 0.1) is 6.54 Å². The molecule has 0 aliphatic heterocycles. The topological polar surface area (TPSA) is 58.2 Å². The van der Waals surface area contributed by atoms with Crippen LogP contribution < -0.4 is 10.6 Å². The number of carbonyl (C=O) groups excluding carboxylic acids is 2. The molecule has 0 spiro atoms. The maximum atomic E-state index is 12.2. The summed E-state index contributed by atoms with van der Waals surface area (Å²) in [4.78, 5) is 26.3. The molecule has 0 atom stereocenters. The molecule has 0 fully saturated rings. The monoisotopic (exact) mass is 382 g/mol. The minimum Gasteiger partial charge on any atom is -0.355 e. The van der Waals surface area contributed by atoms with E-state index in [-0.39, 0.29) is 11.1 Å². The third kappa shape index (κ3) is 4.53. The van der Waals surface area contributed by atoms with E-state index in [0.29, 0.717) is 12.1 Å². The second-order valence-electron chi connectivity index (χ2n) is 5.47. The van der Waals surface area contributed by atoms with Crippen molar-refractivity contribution in [1.82, 2.24) is 10.6 Å². The van der Waals surface area contributed by atoms with Gasteiger partial charge in [-0.3, -0.25) is 9.59 Å². The van der Waals surface area contributed by atoms with Crippen LogP contribution >= 0.6 is 23.1 Å². The first-order valence-corrected chi connectivity index (χ1v) is 9.76. The first-order chi connectivity index (χ1) is 12.7. The van der Waals surface area contributed by atoms with Crippen LogP contribution in [0.25, 0.3) is 11.1 Å². The van der Waals surface area contributed by atoms with Crippen LogP contribution in [0.3, 0.4) is 0 Å². The average molecular weight is 383 g/mol.